The van der Waals surface area contributed by atoms with Crippen LogP contribution in [0, 0.1) is 0 Å². The highest BCUT2D eigenvalue weighted by Gasteiger charge is 2.23. The first-order chi connectivity index (χ1) is 8.02. The summed E-state index contributed by atoms with van der Waals surface area (Å²) < 4.78 is 12.7. The number of phosphoric acid groups is 1. The van der Waals surface area contributed by atoms with Gasteiger partial charge in [0.2, 0.25) is 0 Å². The van der Waals surface area contributed by atoms with Gasteiger partial charge in [-0.05, 0) is 0 Å². The van der Waals surface area contributed by atoms with Crippen LogP contribution in [0.3, 0.4) is 0 Å². The summed E-state index contributed by atoms with van der Waals surface area (Å²) in [5.74, 6) is -2.75. The van der Waals surface area contributed by atoms with E-state index in [1.54, 1.807) is 0 Å². The van der Waals surface area contributed by atoms with Crippen molar-refractivity contribution in [1.29, 1.82) is 0 Å². The first kappa shape index (κ1) is 19.4. The molecule has 0 heterocycles. The molecular formula is C6H13O11P. The largest absolute Gasteiger partial charge is 0.466 e. The van der Waals surface area contributed by atoms with Crippen LogP contribution in [0.1, 0.15) is 0 Å². The quantitative estimate of drug-likeness (QED) is 0.150. The molecule has 12 heteroatoms. The highest BCUT2D eigenvalue weighted by molar-refractivity contribution is 7.45. The first-order valence-electron chi connectivity index (χ1n) is 4.14. The summed E-state index contributed by atoms with van der Waals surface area (Å²) in [6.07, 6.45) is -3.65. The minimum Gasteiger partial charge on any atom is -0.393 e. The first-order valence-corrected chi connectivity index (χ1v) is 5.71. The number of carbonyl (C=O) groups is 2. The Bertz CT molecular complexity index is 280. The second kappa shape index (κ2) is 9.08. The van der Waals surface area contributed by atoms with Crippen molar-refractivity contribution < 1.29 is 54.0 Å². The highest BCUT2D eigenvalue weighted by Crippen LogP contribution is 2.25. The Labute approximate surface area is 100 Å². The number of aliphatic hydroxyl groups is 4. The van der Waals surface area contributed by atoms with Gasteiger partial charge in [0.25, 0.3) is 0 Å². The normalized spacial score (nSPS) is 13.9. The van der Waals surface area contributed by atoms with Crippen molar-refractivity contribution in [3.8, 4) is 0 Å². The molecule has 2 atom stereocenters. The van der Waals surface area contributed by atoms with Crippen LogP contribution in [0.15, 0.2) is 0 Å². The van der Waals surface area contributed by atoms with Gasteiger partial charge in [-0.15, -0.1) is 0 Å². The van der Waals surface area contributed by atoms with Crippen LogP contribution in [0.4, 0.5) is 0 Å². The zero-order valence-corrected chi connectivity index (χ0v) is 9.67. The molecule has 11 nitrogen and oxygen atoms in total. The van der Waals surface area contributed by atoms with Crippen LogP contribution >= 0.6 is 7.82 Å². The molecule has 0 aliphatic rings. The Hall–Kier alpha value is -0.910. The molecule has 0 spiro atoms. The molecule has 0 aromatic carbocycles. The van der Waals surface area contributed by atoms with Gasteiger partial charge < -0.3 is 39.8 Å². The molecule has 0 saturated carbocycles. The van der Waals surface area contributed by atoms with E-state index in [4.69, 9.17) is 39.7 Å². The minimum atomic E-state index is -4.64. The van der Waals surface area contributed by atoms with E-state index in [0.29, 0.717) is 0 Å². The van der Waals surface area contributed by atoms with Crippen molar-refractivity contribution in [3.63, 3.8) is 0 Å². The smallest absolute Gasteiger partial charge is 0.393 e. The molecule has 0 amide bonds. The maximum Gasteiger partial charge on any atom is 0.466 e. The third-order valence-electron chi connectivity index (χ3n) is 1.09. The molecule has 0 fully saturated rings. The molecule has 0 aliphatic heterocycles. The molecule has 0 saturated heterocycles. The number of hydrogen-bond acceptors (Lipinski definition) is 8. The Morgan fingerprint density at radius 1 is 0.944 bits per heavy atom. The lowest BCUT2D eigenvalue weighted by atomic mass is 10.3. The summed E-state index contributed by atoms with van der Waals surface area (Å²) in [5, 5.41) is 33.7. The van der Waals surface area contributed by atoms with E-state index in [9.17, 15) is 9.59 Å². The summed E-state index contributed by atoms with van der Waals surface area (Å²) in [5.41, 5.74) is 0. The third-order valence-corrected chi connectivity index (χ3v) is 1.09. The molecule has 0 aromatic heterocycles. The standard InChI is InChI=1S/C6H10O7.H3O4P/c7-1-3(9)5(11)13-6(12)4(10)2-8;1-5(2,3)4/h3-4,7-10H,1-2H2;(H3,1,2,3,4). The minimum absolute atomic E-state index is 0.888. The van der Waals surface area contributed by atoms with Crippen molar-refractivity contribution in [1.82, 2.24) is 0 Å². The fourth-order valence-electron chi connectivity index (χ4n) is 0.384. The molecule has 0 aliphatic carbocycles. The van der Waals surface area contributed by atoms with Crippen molar-refractivity contribution in [2.75, 3.05) is 13.2 Å². The van der Waals surface area contributed by atoms with Gasteiger partial charge in [-0.1, -0.05) is 0 Å². The monoisotopic (exact) mass is 292 g/mol. The van der Waals surface area contributed by atoms with Crippen molar-refractivity contribution in [3.05, 3.63) is 0 Å². The number of carbonyl (C=O) groups excluding carboxylic acids is 2. The SMILES string of the molecule is O=C(OC(=O)C(O)CO)C(O)CO.O=P(O)(O)O. The number of esters is 2. The van der Waals surface area contributed by atoms with Gasteiger partial charge in [0, 0.05) is 0 Å². The Morgan fingerprint density at radius 3 is 1.33 bits per heavy atom. The van der Waals surface area contributed by atoms with Gasteiger partial charge in [0.15, 0.2) is 12.2 Å². The van der Waals surface area contributed by atoms with E-state index in [2.05, 4.69) is 4.74 Å². The van der Waals surface area contributed by atoms with Gasteiger partial charge in [-0.2, -0.15) is 0 Å². The van der Waals surface area contributed by atoms with Gasteiger partial charge in [0.05, 0.1) is 13.2 Å². The van der Waals surface area contributed by atoms with E-state index < -0.39 is 45.2 Å². The second-order valence-electron chi connectivity index (χ2n) is 2.65. The number of aliphatic hydroxyl groups excluding tert-OH is 4. The molecule has 108 valence electrons. The predicted octanol–water partition coefficient (Wildman–Crippen LogP) is -4.17. The average molecular weight is 292 g/mol. The molecule has 0 bridgehead atoms. The Balaban J connectivity index is 0. The van der Waals surface area contributed by atoms with Crippen molar-refractivity contribution >= 4 is 19.8 Å². The number of rotatable bonds is 4. The number of ether oxygens (including phenoxy) is 1. The van der Waals surface area contributed by atoms with E-state index in [-0.39, 0.29) is 0 Å². The summed E-state index contributed by atoms with van der Waals surface area (Å²) >= 11 is 0. The lowest BCUT2D eigenvalue weighted by molar-refractivity contribution is -0.173. The van der Waals surface area contributed by atoms with Crippen LogP contribution in [0.2, 0.25) is 0 Å². The maximum atomic E-state index is 10.6. The van der Waals surface area contributed by atoms with Gasteiger partial charge in [0.1, 0.15) is 0 Å². The molecule has 0 radical (unpaired) electrons. The van der Waals surface area contributed by atoms with Gasteiger partial charge in [-0.25, -0.2) is 14.2 Å². The lowest BCUT2D eigenvalue weighted by Gasteiger charge is -2.08. The summed E-state index contributed by atoms with van der Waals surface area (Å²) in [6.45, 7) is -1.78. The summed E-state index contributed by atoms with van der Waals surface area (Å²) in [6, 6.07) is 0. The Morgan fingerprint density at radius 2 is 1.17 bits per heavy atom. The summed E-state index contributed by atoms with van der Waals surface area (Å²) in [4.78, 5) is 42.7. The maximum absolute atomic E-state index is 10.6. The molecule has 0 aromatic rings. The molecule has 7 N–H and O–H groups in total. The van der Waals surface area contributed by atoms with E-state index >= 15 is 0 Å². The van der Waals surface area contributed by atoms with Crippen LogP contribution in [0.25, 0.3) is 0 Å². The Kier molecular flexibility index (Phi) is 9.80. The van der Waals surface area contributed by atoms with Gasteiger partial charge >= 0.3 is 19.8 Å². The van der Waals surface area contributed by atoms with Crippen LogP contribution in [-0.2, 0) is 18.9 Å². The van der Waals surface area contributed by atoms with E-state index in [0.717, 1.165) is 0 Å². The fraction of sp³-hybridized carbons (Fsp3) is 0.667. The third kappa shape index (κ3) is 13.2. The number of hydrogen-bond donors (Lipinski definition) is 7. The van der Waals surface area contributed by atoms with E-state index in [1.807, 2.05) is 0 Å². The second-order valence-corrected chi connectivity index (χ2v) is 3.68. The van der Waals surface area contributed by atoms with Crippen molar-refractivity contribution in [2.24, 2.45) is 0 Å². The van der Waals surface area contributed by atoms with Crippen molar-refractivity contribution in [2.45, 2.75) is 12.2 Å². The molecule has 0 rings (SSSR count). The zero-order chi connectivity index (χ0) is 14.9. The molecular weight excluding hydrogens is 279 g/mol. The lowest BCUT2D eigenvalue weighted by Crippen LogP contribution is -2.34. The topological polar surface area (TPSA) is 202 Å². The van der Waals surface area contributed by atoms with E-state index in [1.165, 1.54) is 0 Å². The summed E-state index contributed by atoms with van der Waals surface area (Å²) in [7, 11) is -4.64. The van der Waals surface area contributed by atoms with Crippen LogP contribution < -0.4 is 0 Å². The highest BCUT2D eigenvalue weighted by atomic mass is 31.2. The predicted molar refractivity (Wildman–Crippen MR) is 51.5 cm³/mol. The van der Waals surface area contributed by atoms with Gasteiger partial charge in [-0.3, -0.25) is 0 Å². The van der Waals surface area contributed by atoms with Crippen LogP contribution in [-0.4, -0.2) is 72.5 Å². The average Bonchev–Trinajstić information content (AvgIpc) is 2.24. The molecule has 2 unspecified atom stereocenters. The fourth-order valence-corrected chi connectivity index (χ4v) is 0.384. The zero-order valence-electron chi connectivity index (χ0n) is 8.78. The van der Waals surface area contributed by atoms with Crippen LogP contribution in [0.5, 0.6) is 0 Å². The molecule has 18 heavy (non-hydrogen) atoms.